The second-order valence-corrected chi connectivity index (χ2v) is 5.22. The van der Waals surface area contributed by atoms with E-state index >= 15 is 0 Å². The molecule has 0 aliphatic rings. The Morgan fingerprint density at radius 3 is 2.80 bits per heavy atom. The highest BCUT2D eigenvalue weighted by atomic mass is 16.2. The number of unbranched alkanes of at least 4 members (excludes halogenated alkanes) is 1. The number of nitrogens with zero attached hydrogens (tertiary/aromatic N) is 1. The molecule has 0 spiro atoms. The number of rotatable bonds is 7. The number of aromatic nitrogens is 2. The first kappa shape index (κ1) is 14.6. The number of carbonyl (C=O) groups excluding carboxylic acids is 1. The minimum atomic E-state index is -0.0722. The zero-order chi connectivity index (χ0) is 14.4. The largest absolute Gasteiger partial charge is 0.348 e. The second-order valence-electron chi connectivity index (χ2n) is 5.22. The van der Waals surface area contributed by atoms with Gasteiger partial charge in [-0.05, 0) is 18.9 Å². The minimum absolute atomic E-state index is 0.0722. The highest BCUT2D eigenvalue weighted by Crippen LogP contribution is 2.16. The predicted molar refractivity (Wildman–Crippen MR) is 81.8 cm³/mol. The van der Waals surface area contributed by atoms with Crippen molar-refractivity contribution in [1.29, 1.82) is 0 Å². The molecule has 2 aromatic rings. The number of nitrogens with one attached hydrogen (secondary N) is 2. The van der Waals surface area contributed by atoms with Gasteiger partial charge in [0.25, 0.3) is 5.91 Å². The number of fused-ring (bicyclic) bond motifs is 1. The summed E-state index contributed by atoms with van der Waals surface area (Å²) >= 11 is 0. The zero-order valence-corrected chi connectivity index (χ0v) is 12.3. The SMILES string of the molecule is CCCCC(CCC)NC(=O)c1n[nH]c2ccccc12. The van der Waals surface area contributed by atoms with Gasteiger partial charge in [-0.1, -0.05) is 51.3 Å². The molecule has 1 aromatic heterocycles. The molecule has 1 aromatic carbocycles. The van der Waals surface area contributed by atoms with E-state index in [4.69, 9.17) is 0 Å². The van der Waals surface area contributed by atoms with Crippen molar-refractivity contribution in [3.63, 3.8) is 0 Å². The fourth-order valence-corrected chi connectivity index (χ4v) is 2.48. The van der Waals surface area contributed by atoms with Crippen molar-refractivity contribution in [2.45, 2.75) is 52.0 Å². The number of aromatic amines is 1. The monoisotopic (exact) mass is 273 g/mol. The van der Waals surface area contributed by atoms with Crippen LogP contribution < -0.4 is 5.32 Å². The van der Waals surface area contributed by atoms with Crippen LogP contribution in [0.25, 0.3) is 10.9 Å². The Balaban J connectivity index is 2.09. The molecule has 1 amide bonds. The minimum Gasteiger partial charge on any atom is -0.348 e. The molecule has 0 saturated carbocycles. The highest BCUT2D eigenvalue weighted by Gasteiger charge is 2.17. The van der Waals surface area contributed by atoms with E-state index < -0.39 is 0 Å². The molecule has 1 heterocycles. The van der Waals surface area contributed by atoms with Crippen molar-refractivity contribution in [3.8, 4) is 0 Å². The fraction of sp³-hybridized carbons (Fsp3) is 0.500. The van der Waals surface area contributed by atoms with Gasteiger partial charge in [0, 0.05) is 11.4 Å². The van der Waals surface area contributed by atoms with Gasteiger partial charge in [0.2, 0.25) is 0 Å². The Bertz CT molecular complexity index is 562. The third-order valence-corrected chi connectivity index (χ3v) is 3.56. The van der Waals surface area contributed by atoms with E-state index in [0.717, 1.165) is 43.0 Å². The van der Waals surface area contributed by atoms with E-state index in [1.165, 1.54) is 0 Å². The van der Waals surface area contributed by atoms with Crippen LogP contribution in [0.15, 0.2) is 24.3 Å². The summed E-state index contributed by atoms with van der Waals surface area (Å²) in [4.78, 5) is 12.4. The molecule has 1 atom stereocenters. The van der Waals surface area contributed by atoms with E-state index in [1.807, 2.05) is 24.3 Å². The zero-order valence-electron chi connectivity index (χ0n) is 12.3. The number of H-pyrrole nitrogens is 1. The topological polar surface area (TPSA) is 57.8 Å². The molecule has 0 bridgehead atoms. The molecule has 0 radical (unpaired) electrons. The number of amides is 1. The Morgan fingerprint density at radius 2 is 2.05 bits per heavy atom. The molecule has 1 unspecified atom stereocenters. The van der Waals surface area contributed by atoms with Gasteiger partial charge < -0.3 is 5.32 Å². The van der Waals surface area contributed by atoms with Crippen LogP contribution in [-0.4, -0.2) is 22.1 Å². The molecule has 0 aliphatic carbocycles. The van der Waals surface area contributed by atoms with Gasteiger partial charge in [-0.15, -0.1) is 0 Å². The van der Waals surface area contributed by atoms with E-state index in [9.17, 15) is 4.79 Å². The summed E-state index contributed by atoms with van der Waals surface area (Å²) in [5.41, 5.74) is 1.40. The predicted octanol–water partition coefficient (Wildman–Crippen LogP) is 3.65. The Morgan fingerprint density at radius 1 is 1.25 bits per heavy atom. The lowest BCUT2D eigenvalue weighted by atomic mass is 10.0. The Hall–Kier alpha value is -1.84. The van der Waals surface area contributed by atoms with Crippen LogP contribution in [0.3, 0.4) is 0 Å². The normalized spacial score (nSPS) is 12.5. The van der Waals surface area contributed by atoms with E-state index in [2.05, 4.69) is 29.4 Å². The Labute approximate surface area is 120 Å². The molecule has 108 valence electrons. The number of hydrogen-bond acceptors (Lipinski definition) is 2. The van der Waals surface area contributed by atoms with E-state index in [-0.39, 0.29) is 11.9 Å². The van der Waals surface area contributed by atoms with E-state index in [1.54, 1.807) is 0 Å². The summed E-state index contributed by atoms with van der Waals surface area (Å²) in [5.74, 6) is -0.0722. The van der Waals surface area contributed by atoms with Crippen molar-refractivity contribution < 1.29 is 4.79 Å². The second kappa shape index (κ2) is 7.08. The molecule has 0 saturated heterocycles. The van der Waals surface area contributed by atoms with Crippen molar-refractivity contribution in [3.05, 3.63) is 30.0 Å². The number of benzene rings is 1. The lowest BCUT2D eigenvalue weighted by Gasteiger charge is -2.17. The summed E-state index contributed by atoms with van der Waals surface area (Å²) < 4.78 is 0. The van der Waals surface area contributed by atoms with Crippen LogP contribution in [0.2, 0.25) is 0 Å². The maximum atomic E-state index is 12.4. The van der Waals surface area contributed by atoms with Gasteiger partial charge in [-0.25, -0.2) is 0 Å². The summed E-state index contributed by atoms with van der Waals surface area (Å²) in [5, 5.41) is 11.1. The van der Waals surface area contributed by atoms with Gasteiger partial charge in [0.1, 0.15) is 0 Å². The van der Waals surface area contributed by atoms with Crippen LogP contribution in [-0.2, 0) is 0 Å². The van der Waals surface area contributed by atoms with Crippen molar-refractivity contribution in [2.75, 3.05) is 0 Å². The molecular weight excluding hydrogens is 250 g/mol. The van der Waals surface area contributed by atoms with Gasteiger partial charge in [-0.3, -0.25) is 9.89 Å². The first-order valence-electron chi connectivity index (χ1n) is 7.50. The molecule has 2 N–H and O–H groups in total. The van der Waals surface area contributed by atoms with Crippen LogP contribution >= 0.6 is 0 Å². The molecule has 4 heteroatoms. The first-order chi connectivity index (χ1) is 9.76. The van der Waals surface area contributed by atoms with Crippen LogP contribution in [0, 0.1) is 0 Å². The Kier molecular flexibility index (Phi) is 5.16. The van der Waals surface area contributed by atoms with Crippen LogP contribution in [0.1, 0.15) is 56.4 Å². The summed E-state index contributed by atoms with van der Waals surface area (Å²) in [6.07, 6.45) is 5.44. The van der Waals surface area contributed by atoms with Gasteiger partial charge in [-0.2, -0.15) is 5.10 Å². The van der Waals surface area contributed by atoms with Crippen molar-refractivity contribution in [2.24, 2.45) is 0 Å². The molecule has 0 aliphatic heterocycles. The van der Waals surface area contributed by atoms with Crippen molar-refractivity contribution in [1.82, 2.24) is 15.5 Å². The molecule has 0 fully saturated rings. The summed E-state index contributed by atoms with van der Waals surface area (Å²) in [6, 6.07) is 7.97. The number of hydrogen-bond donors (Lipinski definition) is 2. The standard InChI is InChI=1S/C16H23N3O/c1-3-5-9-12(8-4-2)17-16(20)15-13-10-6-7-11-14(13)18-19-15/h6-7,10-12H,3-5,8-9H2,1-2H3,(H,17,20)(H,18,19). The van der Waals surface area contributed by atoms with Gasteiger partial charge in [0.15, 0.2) is 5.69 Å². The number of para-hydroxylation sites is 1. The maximum Gasteiger partial charge on any atom is 0.272 e. The summed E-state index contributed by atoms with van der Waals surface area (Å²) in [7, 11) is 0. The molecule has 20 heavy (non-hydrogen) atoms. The average molecular weight is 273 g/mol. The summed E-state index contributed by atoms with van der Waals surface area (Å²) in [6.45, 7) is 4.32. The number of carbonyl (C=O) groups is 1. The molecular formula is C16H23N3O. The quantitative estimate of drug-likeness (QED) is 0.809. The van der Waals surface area contributed by atoms with Gasteiger partial charge in [0.05, 0.1) is 5.52 Å². The van der Waals surface area contributed by atoms with Crippen molar-refractivity contribution >= 4 is 16.8 Å². The third-order valence-electron chi connectivity index (χ3n) is 3.56. The molecule has 4 nitrogen and oxygen atoms in total. The lowest BCUT2D eigenvalue weighted by molar-refractivity contribution is 0.0928. The average Bonchev–Trinajstić information content (AvgIpc) is 2.89. The fourth-order valence-electron chi connectivity index (χ4n) is 2.48. The molecule has 2 rings (SSSR count). The smallest absolute Gasteiger partial charge is 0.272 e. The maximum absolute atomic E-state index is 12.4. The third kappa shape index (κ3) is 3.38. The highest BCUT2D eigenvalue weighted by molar-refractivity contribution is 6.04. The first-order valence-corrected chi connectivity index (χ1v) is 7.50. The van der Waals surface area contributed by atoms with Crippen LogP contribution in [0.4, 0.5) is 0 Å². The lowest BCUT2D eigenvalue weighted by Crippen LogP contribution is -2.35. The van der Waals surface area contributed by atoms with Gasteiger partial charge >= 0.3 is 0 Å². The van der Waals surface area contributed by atoms with E-state index in [0.29, 0.717) is 5.69 Å². The van der Waals surface area contributed by atoms with Crippen LogP contribution in [0.5, 0.6) is 0 Å².